The molecule has 0 fully saturated rings. The molecule has 0 bridgehead atoms. The first-order valence-corrected chi connectivity index (χ1v) is 10.4. The van der Waals surface area contributed by atoms with Gasteiger partial charge in [0.05, 0.1) is 30.2 Å². The van der Waals surface area contributed by atoms with Crippen molar-refractivity contribution in [1.29, 1.82) is 0 Å². The number of carbonyl (C=O) groups excluding carboxylic acids is 1. The van der Waals surface area contributed by atoms with Gasteiger partial charge >= 0.3 is 0 Å². The molecule has 1 N–H and O–H groups in total. The van der Waals surface area contributed by atoms with Crippen LogP contribution in [0.2, 0.25) is 0 Å². The van der Waals surface area contributed by atoms with Gasteiger partial charge in [0, 0.05) is 42.7 Å². The van der Waals surface area contributed by atoms with Crippen molar-refractivity contribution in [3.63, 3.8) is 0 Å². The minimum atomic E-state index is -0.234. The molecule has 0 unspecified atom stereocenters. The predicted molar refractivity (Wildman–Crippen MR) is 115 cm³/mol. The van der Waals surface area contributed by atoms with Crippen LogP contribution in [0.1, 0.15) is 44.5 Å². The van der Waals surface area contributed by atoms with Gasteiger partial charge in [0.1, 0.15) is 5.76 Å². The van der Waals surface area contributed by atoms with Crippen LogP contribution in [0, 0.1) is 13.8 Å². The number of furan rings is 1. The van der Waals surface area contributed by atoms with E-state index in [2.05, 4.69) is 21.6 Å². The summed E-state index contributed by atoms with van der Waals surface area (Å²) in [4.78, 5) is 17.4. The zero-order valence-electron chi connectivity index (χ0n) is 17.8. The van der Waals surface area contributed by atoms with E-state index in [1.54, 1.807) is 4.68 Å². The molecule has 4 heterocycles. The predicted octanol–water partition coefficient (Wildman–Crippen LogP) is 2.97. The maximum Gasteiger partial charge on any atom is 0.287 e. The maximum atomic E-state index is 12.8. The smallest absolute Gasteiger partial charge is 0.287 e. The average Bonchev–Trinajstić information content (AvgIpc) is 3.42. The molecule has 8 heteroatoms. The van der Waals surface area contributed by atoms with Gasteiger partial charge in [-0.2, -0.15) is 10.2 Å². The monoisotopic (exact) mass is 416 g/mol. The fourth-order valence-electron chi connectivity index (χ4n) is 4.12. The van der Waals surface area contributed by atoms with Crippen LogP contribution in [0.4, 0.5) is 0 Å². The van der Waals surface area contributed by atoms with Gasteiger partial charge in [-0.15, -0.1) is 0 Å². The van der Waals surface area contributed by atoms with Gasteiger partial charge < -0.3 is 9.73 Å². The Balaban J connectivity index is 1.39. The summed E-state index contributed by atoms with van der Waals surface area (Å²) in [7, 11) is 1.85. The summed E-state index contributed by atoms with van der Waals surface area (Å²) in [5, 5.41) is 12.0. The number of nitrogens with zero attached hydrogens (tertiary/aromatic N) is 5. The number of aromatic nitrogens is 5. The van der Waals surface area contributed by atoms with Crippen molar-refractivity contribution in [2.75, 3.05) is 0 Å². The highest BCUT2D eigenvalue weighted by Crippen LogP contribution is 2.38. The molecule has 1 aliphatic carbocycles. The summed E-state index contributed by atoms with van der Waals surface area (Å²) >= 11 is 0. The molecular weight excluding hydrogens is 392 g/mol. The van der Waals surface area contributed by atoms with Crippen molar-refractivity contribution in [2.24, 2.45) is 7.05 Å². The highest BCUT2D eigenvalue weighted by atomic mass is 16.4. The maximum absolute atomic E-state index is 12.8. The minimum absolute atomic E-state index is 0.234. The van der Waals surface area contributed by atoms with Crippen LogP contribution in [0.3, 0.4) is 0 Å². The van der Waals surface area contributed by atoms with Gasteiger partial charge in [-0.05, 0) is 44.0 Å². The van der Waals surface area contributed by atoms with Gasteiger partial charge in [-0.1, -0.05) is 6.07 Å². The van der Waals surface area contributed by atoms with Crippen LogP contribution in [-0.4, -0.2) is 30.5 Å². The molecule has 4 aromatic rings. The number of amides is 1. The Labute approximate surface area is 179 Å². The normalized spacial score (nSPS) is 12.5. The molecule has 0 spiro atoms. The van der Waals surface area contributed by atoms with Crippen LogP contribution in [0.25, 0.3) is 11.3 Å². The molecule has 0 saturated heterocycles. The number of pyridine rings is 1. The first-order valence-electron chi connectivity index (χ1n) is 10.4. The van der Waals surface area contributed by atoms with Crippen LogP contribution in [0.15, 0.2) is 41.1 Å². The molecule has 0 saturated carbocycles. The van der Waals surface area contributed by atoms with Gasteiger partial charge in [0.2, 0.25) is 0 Å². The van der Waals surface area contributed by atoms with Crippen molar-refractivity contribution in [3.8, 4) is 11.3 Å². The first-order chi connectivity index (χ1) is 15.0. The Hall–Kier alpha value is -3.68. The number of hydrogen-bond acceptors (Lipinski definition) is 5. The van der Waals surface area contributed by atoms with Crippen molar-refractivity contribution >= 4 is 5.91 Å². The van der Waals surface area contributed by atoms with E-state index in [-0.39, 0.29) is 5.91 Å². The third kappa shape index (κ3) is 3.65. The first kappa shape index (κ1) is 19.3. The summed E-state index contributed by atoms with van der Waals surface area (Å²) in [5.74, 6) is 0.943. The lowest BCUT2D eigenvalue weighted by molar-refractivity contribution is 0.0920. The molecular formula is C23H24N6O2. The molecule has 31 heavy (non-hydrogen) atoms. The van der Waals surface area contributed by atoms with E-state index >= 15 is 0 Å². The Kier molecular flexibility index (Phi) is 4.69. The number of aryl methyl sites for hydroxylation is 4. The third-order valence-electron chi connectivity index (χ3n) is 5.59. The van der Waals surface area contributed by atoms with E-state index in [9.17, 15) is 4.79 Å². The largest absolute Gasteiger partial charge is 0.455 e. The minimum Gasteiger partial charge on any atom is -0.455 e. The molecule has 0 radical (unpaired) electrons. The standard InChI is InChI=1S/C23H24N6O2/c1-14-5-4-6-18(25-14)13-29-12-16-7-8-19-20(21(16)27-29)15(2)22(31-19)23(30)24-11-17-9-10-28(3)26-17/h4-6,9-10,12H,7-8,11,13H2,1-3H3,(H,24,30). The second kappa shape index (κ2) is 7.54. The second-order valence-corrected chi connectivity index (χ2v) is 7.99. The van der Waals surface area contributed by atoms with Crippen LogP contribution in [0.5, 0.6) is 0 Å². The lowest BCUT2D eigenvalue weighted by atomic mass is 9.93. The summed E-state index contributed by atoms with van der Waals surface area (Å²) in [6, 6.07) is 7.88. The Morgan fingerprint density at radius 1 is 1.16 bits per heavy atom. The number of carbonyl (C=O) groups is 1. The zero-order chi connectivity index (χ0) is 21.5. The van der Waals surface area contributed by atoms with Crippen LogP contribution in [-0.2, 0) is 33.0 Å². The zero-order valence-corrected chi connectivity index (χ0v) is 17.8. The van der Waals surface area contributed by atoms with Crippen LogP contribution >= 0.6 is 0 Å². The molecule has 5 rings (SSSR count). The molecule has 0 atom stereocenters. The third-order valence-corrected chi connectivity index (χ3v) is 5.59. The fourth-order valence-corrected chi connectivity index (χ4v) is 4.12. The van der Waals surface area contributed by atoms with E-state index in [4.69, 9.17) is 9.52 Å². The van der Waals surface area contributed by atoms with Crippen molar-refractivity contribution < 1.29 is 9.21 Å². The quantitative estimate of drug-likeness (QED) is 0.540. The molecule has 1 aliphatic rings. The number of fused-ring (bicyclic) bond motifs is 3. The van der Waals surface area contributed by atoms with Gasteiger partial charge in [-0.3, -0.25) is 19.1 Å². The molecule has 8 nitrogen and oxygen atoms in total. The molecule has 4 aromatic heterocycles. The molecule has 1 amide bonds. The lowest BCUT2D eigenvalue weighted by Gasteiger charge is -2.09. The number of rotatable bonds is 5. The Morgan fingerprint density at radius 3 is 2.81 bits per heavy atom. The number of hydrogen-bond donors (Lipinski definition) is 1. The van der Waals surface area contributed by atoms with Crippen molar-refractivity contribution in [2.45, 2.75) is 39.8 Å². The van der Waals surface area contributed by atoms with E-state index < -0.39 is 0 Å². The highest BCUT2D eigenvalue weighted by molar-refractivity contribution is 5.95. The number of nitrogens with one attached hydrogen (secondary N) is 1. The molecule has 0 aliphatic heterocycles. The van der Waals surface area contributed by atoms with E-state index in [1.807, 2.05) is 56.0 Å². The lowest BCUT2D eigenvalue weighted by Crippen LogP contribution is -2.23. The average molecular weight is 416 g/mol. The second-order valence-electron chi connectivity index (χ2n) is 7.99. The Bertz CT molecular complexity index is 1280. The SMILES string of the molecule is Cc1cccc(Cn2cc3c(n2)-c2c(oc(C(=O)NCc4ccn(C)n4)c2C)CC3)n1. The van der Waals surface area contributed by atoms with E-state index in [1.165, 1.54) is 5.56 Å². The summed E-state index contributed by atoms with van der Waals surface area (Å²) in [6.07, 6.45) is 5.52. The molecule has 158 valence electrons. The van der Waals surface area contributed by atoms with Crippen LogP contribution < -0.4 is 5.32 Å². The van der Waals surface area contributed by atoms with Gasteiger partial charge in [-0.25, -0.2) is 0 Å². The molecule has 0 aromatic carbocycles. The fraction of sp³-hybridized carbons (Fsp3) is 0.304. The summed E-state index contributed by atoms with van der Waals surface area (Å²) < 4.78 is 9.63. The van der Waals surface area contributed by atoms with Gasteiger partial charge in [0.15, 0.2) is 5.76 Å². The summed E-state index contributed by atoms with van der Waals surface area (Å²) in [6.45, 7) is 4.87. The van der Waals surface area contributed by atoms with E-state index in [0.29, 0.717) is 18.8 Å². The van der Waals surface area contributed by atoms with Crippen molar-refractivity contribution in [3.05, 3.63) is 76.4 Å². The summed E-state index contributed by atoms with van der Waals surface area (Å²) in [5.41, 5.74) is 6.61. The highest BCUT2D eigenvalue weighted by Gasteiger charge is 2.29. The van der Waals surface area contributed by atoms with Crippen molar-refractivity contribution in [1.82, 2.24) is 29.9 Å². The van der Waals surface area contributed by atoms with Gasteiger partial charge in [0.25, 0.3) is 5.91 Å². The topological polar surface area (TPSA) is 90.8 Å². The van der Waals surface area contributed by atoms with E-state index in [0.717, 1.165) is 52.5 Å². The Morgan fingerprint density at radius 2 is 2.03 bits per heavy atom.